The first-order valence-corrected chi connectivity index (χ1v) is 7.83. The van der Waals surface area contributed by atoms with E-state index in [2.05, 4.69) is 25.3 Å². The Labute approximate surface area is 128 Å². The zero-order valence-corrected chi connectivity index (χ0v) is 12.7. The van der Waals surface area contributed by atoms with Crippen LogP contribution in [0, 0.1) is 6.92 Å². The first kappa shape index (κ1) is 13.6. The third kappa shape index (κ3) is 2.45. The summed E-state index contributed by atoms with van der Waals surface area (Å²) in [6.07, 6.45) is 5.56. The molecule has 0 radical (unpaired) electrons. The number of nitrogens with zero attached hydrogens (tertiary/aromatic N) is 5. The second-order valence-corrected chi connectivity index (χ2v) is 6.41. The number of piperidine rings is 1. The molecule has 3 heterocycles. The van der Waals surface area contributed by atoms with Gasteiger partial charge in [0.25, 0.3) is 0 Å². The van der Waals surface area contributed by atoms with Crippen LogP contribution in [0.2, 0.25) is 0 Å². The maximum atomic E-state index is 10.9. The Morgan fingerprint density at radius 3 is 2.95 bits per heavy atom. The maximum Gasteiger partial charge on any atom is 0.134 e. The summed E-state index contributed by atoms with van der Waals surface area (Å²) < 4.78 is 0. The Kier molecular flexibility index (Phi) is 3.11. The lowest BCUT2D eigenvalue weighted by Crippen LogP contribution is -2.46. The van der Waals surface area contributed by atoms with Gasteiger partial charge in [0.05, 0.1) is 12.7 Å². The molecule has 4 rings (SSSR count). The number of nitrogens with one attached hydrogen (secondary N) is 1. The van der Waals surface area contributed by atoms with Crippen LogP contribution >= 0.6 is 0 Å². The predicted molar refractivity (Wildman–Crippen MR) is 80.5 cm³/mol. The van der Waals surface area contributed by atoms with Crippen LogP contribution in [0.15, 0.2) is 12.3 Å². The summed E-state index contributed by atoms with van der Waals surface area (Å²) in [6.45, 7) is 3.38. The molecule has 0 amide bonds. The topological polar surface area (TPSA) is 90.8 Å². The summed E-state index contributed by atoms with van der Waals surface area (Å²) >= 11 is 0. The maximum absolute atomic E-state index is 10.9. The lowest BCUT2D eigenvalue weighted by molar-refractivity contribution is 0.0174. The number of β-amino-alcohol motifs (C(OH)–C–C–N with tert-alkyl or cyclic N) is 1. The number of aliphatic hydroxyl groups is 1. The molecule has 22 heavy (non-hydrogen) atoms. The number of aryl methyl sites for hydroxylation is 1. The average Bonchev–Trinajstić information content (AvgIpc) is 3.20. The van der Waals surface area contributed by atoms with Gasteiger partial charge in [-0.05, 0) is 32.6 Å². The Morgan fingerprint density at radius 2 is 2.23 bits per heavy atom. The molecular formula is C15H20N6O. The van der Waals surface area contributed by atoms with Gasteiger partial charge in [0, 0.05) is 24.2 Å². The molecule has 2 N–H and O–H groups in total. The number of aromatic nitrogens is 5. The quantitative estimate of drug-likeness (QED) is 0.887. The van der Waals surface area contributed by atoms with Crippen LogP contribution in [0.5, 0.6) is 0 Å². The molecule has 1 atom stereocenters. The van der Waals surface area contributed by atoms with E-state index < -0.39 is 5.60 Å². The highest BCUT2D eigenvalue weighted by Gasteiger charge is 2.38. The SMILES string of the molecule is Cc1cc(N2CCC[C@@](O)(c3cn[nH]n3)C2)nc(C2CC2)n1. The zero-order valence-electron chi connectivity index (χ0n) is 12.7. The summed E-state index contributed by atoms with van der Waals surface area (Å²) in [5, 5.41) is 21.4. The van der Waals surface area contributed by atoms with Gasteiger partial charge in [-0.25, -0.2) is 9.97 Å². The third-order valence-electron chi connectivity index (χ3n) is 4.49. The monoisotopic (exact) mass is 300 g/mol. The van der Waals surface area contributed by atoms with E-state index in [0.717, 1.165) is 30.3 Å². The fourth-order valence-electron chi connectivity index (χ4n) is 3.13. The lowest BCUT2D eigenvalue weighted by Gasteiger charge is -2.38. The molecule has 2 aromatic rings. The molecule has 0 unspecified atom stereocenters. The van der Waals surface area contributed by atoms with Crippen LogP contribution in [0.3, 0.4) is 0 Å². The number of H-pyrrole nitrogens is 1. The van der Waals surface area contributed by atoms with Crippen molar-refractivity contribution >= 4 is 5.82 Å². The van der Waals surface area contributed by atoms with E-state index in [9.17, 15) is 5.11 Å². The van der Waals surface area contributed by atoms with Crippen LogP contribution in [0.1, 0.15) is 48.8 Å². The molecule has 2 fully saturated rings. The molecule has 0 bridgehead atoms. The van der Waals surface area contributed by atoms with Gasteiger partial charge in [-0.1, -0.05) is 0 Å². The van der Waals surface area contributed by atoms with E-state index in [-0.39, 0.29) is 0 Å². The van der Waals surface area contributed by atoms with Gasteiger partial charge in [0.15, 0.2) is 0 Å². The Morgan fingerprint density at radius 1 is 1.36 bits per heavy atom. The Hall–Kier alpha value is -2.02. The first-order valence-electron chi connectivity index (χ1n) is 7.83. The number of hydrogen-bond acceptors (Lipinski definition) is 6. The van der Waals surface area contributed by atoms with E-state index in [1.54, 1.807) is 6.20 Å². The lowest BCUT2D eigenvalue weighted by atomic mass is 9.90. The van der Waals surface area contributed by atoms with E-state index in [1.165, 1.54) is 12.8 Å². The van der Waals surface area contributed by atoms with Gasteiger partial charge in [-0.2, -0.15) is 15.4 Å². The van der Waals surface area contributed by atoms with Gasteiger partial charge in [-0.15, -0.1) is 0 Å². The minimum Gasteiger partial charge on any atom is -0.382 e. The van der Waals surface area contributed by atoms with Crippen molar-refractivity contribution in [2.45, 2.75) is 44.1 Å². The Balaban J connectivity index is 1.62. The molecule has 0 aromatic carbocycles. The smallest absolute Gasteiger partial charge is 0.134 e. The fraction of sp³-hybridized carbons (Fsp3) is 0.600. The number of rotatable bonds is 3. The van der Waals surface area contributed by atoms with Crippen LogP contribution < -0.4 is 4.90 Å². The second-order valence-electron chi connectivity index (χ2n) is 6.41. The molecule has 0 spiro atoms. The predicted octanol–water partition coefficient (Wildman–Crippen LogP) is 1.27. The summed E-state index contributed by atoms with van der Waals surface area (Å²) in [5.74, 6) is 2.39. The second kappa shape index (κ2) is 5.01. The van der Waals surface area contributed by atoms with E-state index in [0.29, 0.717) is 24.6 Å². The van der Waals surface area contributed by atoms with E-state index in [1.807, 2.05) is 13.0 Å². The normalized spacial score (nSPS) is 25.5. The van der Waals surface area contributed by atoms with E-state index in [4.69, 9.17) is 4.98 Å². The molecule has 116 valence electrons. The summed E-state index contributed by atoms with van der Waals surface area (Å²) in [6, 6.07) is 2.00. The fourth-order valence-corrected chi connectivity index (χ4v) is 3.13. The zero-order chi connectivity index (χ0) is 15.2. The molecule has 2 aliphatic rings. The van der Waals surface area contributed by atoms with Crippen molar-refractivity contribution in [3.8, 4) is 0 Å². The van der Waals surface area contributed by atoms with Crippen LogP contribution in [0.4, 0.5) is 5.82 Å². The molecular weight excluding hydrogens is 280 g/mol. The molecule has 7 nitrogen and oxygen atoms in total. The van der Waals surface area contributed by atoms with Crippen molar-refractivity contribution in [1.82, 2.24) is 25.4 Å². The van der Waals surface area contributed by atoms with E-state index >= 15 is 0 Å². The van der Waals surface area contributed by atoms with Crippen molar-refractivity contribution in [3.05, 3.63) is 29.5 Å². The summed E-state index contributed by atoms with van der Waals surface area (Å²) in [4.78, 5) is 11.4. The highest BCUT2D eigenvalue weighted by Crippen LogP contribution is 2.39. The number of anilines is 1. The summed E-state index contributed by atoms with van der Waals surface area (Å²) in [5.41, 5.74) is 0.622. The molecule has 7 heteroatoms. The molecule has 1 saturated carbocycles. The van der Waals surface area contributed by atoms with Crippen LogP contribution in [0.25, 0.3) is 0 Å². The third-order valence-corrected chi connectivity index (χ3v) is 4.49. The number of hydrogen-bond donors (Lipinski definition) is 2. The largest absolute Gasteiger partial charge is 0.382 e. The highest BCUT2D eigenvalue weighted by molar-refractivity contribution is 5.42. The minimum absolute atomic E-state index is 0.486. The number of aromatic amines is 1. The van der Waals surface area contributed by atoms with Gasteiger partial charge in [0.2, 0.25) is 0 Å². The van der Waals surface area contributed by atoms with Gasteiger partial charge < -0.3 is 10.0 Å². The Bertz CT molecular complexity index is 669. The van der Waals surface area contributed by atoms with Crippen molar-refractivity contribution < 1.29 is 5.11 Å². The van der Waals surface area contributed by atoms with Gasteiger partial charge in [0.1, 0.15) is 22.9 Å². The van der Waals surface area contributed by atoms with Gasteiger partial charge in [-0.3, -0.25) is 0 Å². The van der Waals surface area contributed by atoms with Crippen molar-refractivity contribution in [3.63, 3.8) is 0 Å². The molecule has 2 aromatic heterocycles. The molecule has 1 aliphatic carbocycles. The average molecular weight is 300 g/mol. The minimum atomic E-state index is -0.968. The van der Waals surface area contributed by atoms with Crippen molar-refractivity contribution in [2.24, 2.45) is 0 Å². The van der Waals surface area contributed by atoms with Gasteiger partial charge >= 0.3 is 0 Å². The van der Waals surface area contributed by atoms with Crippen molar-refractivity contribution in [2.75, 3.05) is 18.0 Å². The molecule has 1 aliphatic heterocycles. The molecule has 1 saturated heterocycles. The van der Waals surface area contributed by atoms with Crippen LogP contribution in [-0.4, -0.2) is 43.6 Å². The van der Waals surface area contributed by atoms with Crippen molar-refractivity contribution in [1.29, 1.82) is 0 Å². The standard InChI is InChI=1S/C15H20N6O/c1-10-7-13(18-14(17-10)11-3-4-11)21-6-2-5-15(22,9-21)12-8-16-20-19-12/h7-8,11,22H,2-6,9H2,1H3,(H,16,19,20)/t15-/m0/s1. The highest BCUT2D eigenvalue weighted by atomic mass is 16.3. The summed E-state index contributed by atoms with van der Waals surface area (Å²) in [7, 11) is 0. The van der Waals surface area contributed by atoms with Crippen LogP contribution in [-0.2, 0) is 5.60 Å². The first-order chi connectivity index (χ1) is 10.6.